The van der Waals surface area contributed by atoms with E-state index in [0.29, 0.717) is 89.2 Å². The lowest BCUT2D eigenvalue weighted by molar-refractivity contribution is -0.140. The first-order valence-electron chi connectivity index (χ1n) is 35.3. The number of H-pyrrole nitrogens is 3. The summed E-state index contributed by atoms with van der Waals surface area (Å²) in [4.78, 5) is 101. The number of halogens is 1. The Balaban J connectivity index is 0.000000164. The number of hydrogen-bond acceptors (Lipinski definition) is 10. The Labute approximate surface area is 605 Å². The van der Waals surface area contributed by atoms with Crippen molar-refractivity contribution < 1.29 is 63.8 Å². The van der Waals surface area contributed by atoms with Crippen LogP contribution in [-0.2, 0) is 37.1 Å². The average molecular weight is 1420 g/mol. The number of rotatable bonds is 29. The highest BCUT2D eigenvalue weighted by molar-refractivity contribution is 6.36. The van der Waals surface area contributed by atoms with E-state index in [9.17, 15) is 59.1 Å². The molecule has 2 aliphatic rings. The normalized spacial score (nSPS) is 13.6. The predicted octanol–water partition coefficient (Wildman–Crippen LogP) is 18.8. The van der Waals surface area contributed by atoms with Crippen LogP contribution in [0.5, 0.6) is 5.75 Å². The molecule has 3 aromatic heterocycles. The Morgan fingerprint density at radius 2 is 0.932 bits per heavy atom. The number of carbonyl (C=O) groups is 7. The fourth-order valence-electron chi connectivity index (χ4n) is 13.1. The third-order valence-electron chi connectivity index (χ3n) is 19.2. The van der Waals surface area contributed by atoms with Crippen molar-refractivity contribution in [2.24, 2.45) is 33.7 Å². The van der Waals surface area contributed by atoms with Gasteiger partial charge in [0.2, 0.25) is 0 Å². The Morgan fingerprint density at radius 1 is 0.466 bits per heavy atom. The van der Waals surface area contributed by atoms with E-state index >= 15 is 0 Å². The van der Waals surface area contributed by atoms with E-state index in [1.54, 1.807) is 73.1 Å². The van der Waals surface area contributed by atoms with Gasteiger partial charge in [0.05, 0.1) is 65.7 Å². The number of aliphatic imine (C=N–C) groups is 2. The molecular weight excluding hydrogens is 1320 g/mol. The summed E-state index contributed by atoms with van der Waals surface area (Å²) in [6, 6.07) is 52.0. The molecule has 19 heteroatoms. The van der Waals surface area contributed by atoms with Crippen LogP contribution in [0.15, 0.2) is 198 Å². The van der Waals surface area contributed by atoms with Gasteiger partial charge in [-0.05, 0) is 109 Å². The number of carboxylic acids is 5. The molecule has 0 spiro atoms. The van der Waals surface area contributed by atoms with Gasteiger partial charge in [-0.3, -0.25) is 43.5 Å². The molecule has 8 N–H and O–H groups in total. The first-order chi connectivity index (χ1) is 49.7. The van der Waals surface area contributed by atoms with Crippen LogP contribution in [0.25, 0.3) is 32.7 Å². The van der Waals surface area contributed by atoms with Gasteiger partial charge >= 0.3 is 29.8 Å². The van der Waals surface area contributed by atoms with Gasteiger partial charge in [-0.2, -0.15) is 0 Å². The summed E-state index contributed by atoms with van der Waals surface area (Å²) >= 11 is 6.21. The molecule has 538 valence electrons. The van der Waals surface area contributed by atoms with Gasteiger partial charge in [0, 0.05) is 86.4 Å². The van der Waals surface area contributed by atoms with Crippen LogP contribution >= 0.6 is 11.6 Å². The van der Waals surface area contributed by atoms with Gasteiger partial charge in [0.1, 0.15) is 5.75 Å². The summed E-state index contributed by atoms with van der Waals surface area (Å²) in [6.45, 7) is 14.3. The third-order valence-corrected chi connectivity index (χ3v) is 19.5. The summed E-state index contributed by atoms with van der Waals surface area (Å²) in [5.41, 5.74) is 11.5. The van der Waals surface area contributed by atoms with E-state index in [0.717, 1.165) is 105 Å². The molecule has 0 amide bonds. The smallest absolute Gasteiger partial charge is 0.312 e. The minimum absolute atomic E-state index is 0.0921. The number of fused-ring (bicyclic) bond motifs is 5. The van der Waals surface area contributed by atoms with E-state index in [1.807, 2.05) is 122 Å². The van der Waals surface area contributed by atoms with Crippen LogP contribution in [0.3, 0.4) is 0 Å². The number of hydrogen-bond donors (Lipinski definition) is 8. The molecule has 0 fully saturated rings. The molecule has 6 unspecified atom stereocenters. The maximum absolute atomic E-state index is 12.5. The van der Waals surface area contributed by atoms with Crippen LogP contribution in [0.1, 0.15) is 190 Å². The second-order valence-corrected chi connectivity index (χ2v) is 26.3. The van der Waals surface area contributed by atoms with Gasteiger partial charge in [-0.1, -0.05) is 212 Å². The Hall–Kier alpha value is -10.7. The molecular formula is C84H92ClN5O13. The molecule has 12 rings (SSSR count). The Morgan fingerprint density at radius 3 is 1.46 bits per heavy atom. The van der Waals surface area contributed by atoms with E-state index < -0.39 is 59.4 Å². The van der Waals surface area contributed by atoms with Gasteiger partial charge in [0.15, 0.2) is 11.6 Å². The molecule has 0 saturated carbocycles. The number of aliphatic carboxylic acids is 5. The van der Waals surface area contributed by atoms with E-state index in [1.165, 1.54) is 0 Å². The van der Waals surface area contributed by atoms with Gasteiger partial charge in [-0.15, -0.1) is 0 Å². The number of carbonyl (C=O) groups excluding carboxylic acids is 2. The number of unbranched alkanes of at least 4 members (excludes halogenated alkanes) is 1. The highest BCUT2D eigenvalue weighted by atomic mass is 35.5. The first-order valence-corrected chi connectivity index (χ1v) is 35.7. The summed E-state index contributed by atoms with van der Waals surface area (Å²) < 4.78 is 5.50. The Kier molecular flexibility index (Phi) is 29.0. The monoisotopic (exact) mass is 1410 g/mol. The molecule has 5 heterocycles. The van der Waals surface area contributed by atoms with Crippen LogP contribution in [0.2, 0.25) is 5.02 Å². The van der Waals surface area contributed by atoms with Crippen molar-refractivity contribution >= 4 is 97.1 Å². The van der Waals surface area contributed by atoms with Gasteiger partial charge in [-0.25, -0.2) is 0 Å². The van der Waals surface area contributed by atoms with Crippen molar-refractivity contribution in [3.05, 3.63) is 244 Å². The molecule has 0 radical (unpaired) electrons. The predicted molar refractivity (Wildman–Crippen MR) is 406 cm³/mol. The fraction of sp³-hybridized carbons (Fsp3) is 0.321. The summed E-state index contributed by atoms with van der Waals surface area (Å²) in [5, 5.41) is 50.5. The number of benzene rings is 7. The number of nitrogens with one attached hydrogen (secondary N) is 3. The quantitative estimate of drug-likeness (QED) is 0.0203. The van der Waals surface area contributed by atoms with E-state index in [4.69, 9.17) is 16.3 Å². The standard InChI is InChI=1S/C20H19NO4.C18H14ClNO3.2C16H21NO2.C14H17NO2/c1-2-25-14-8-9-18-15(10-14)17(12-21-18)16(20(23)24)11-19(22)13-6-4-3-5-7-13;19-14-7-4-8-15-17(14)13(10-20-15)12(18(22)23)9-16(21)11-5-2-1-3-6-11;1-3-11(2)8-9-14(16(18)19)15-13-7-5-4-6-12(13)10-17-15;1-3-11(4-2)9-14(16(18)19)15-13-8-6-5-7-12(13)10-17-15;1-2-3-6-11(14(16)17)12-9-15-13-8-5-4-7-10(12)13/h3-10,12,16,21H,2,11H2,1H3,(H,23,24);1-8,10,12,20H,9H2,(H,22,23);4-7,11,14H,3,8-10H2,1-2H3,(H,18,19);5-8,11,14H,3-4,9-10H2,1-2H3,(H,18,19);4-5,7-9,11,15H,2-3,6H2,1H3,(H,16,17). The summed E-state index contributed by atoms with van der Waals surface area (Å²) in [5.74, 6) is -6.19. The largest absolute Gasteiger partial charge is 0.494 e. The summed E-state index contributed by atoms with van der Waals surface area (Å²) in [6.07, 6.45) is 13.0. The van der Waals surface area contributed by atoms with Crippen molar-refractivity contribution in [3.8, 4) is 5.75 Å². The van der Waals surface area contributed by atoms with Crippen LogP contribution in [0.4, 0.5) is 0 Å². The second kappa shape index (κ2) is 38.4. The van der Waals surface area contributed by atoms with Gasteiger partial charge < -0.3 is 45.2 Å². The van der Waals surface area contributed by atoms with Gasteiger partial charge in [0.25, 0.3) is 0 Å². The zero-order valence-corrected chi connectivity index (χ0v) is 59.9. The zero-order chi connectivity index (χ0) is 74.1. The number of Topliss-reactive ketones (excluding diaryl/α,β-unsaturated/α-hetero) is 2. The van der Waals surface area contributed by atoms with Crippen LogP contribution in [-0.4, -0.2) is 99.9 Å². The highest BCUT2D eigenvalue weighted by Crippen LogP contribution is 2.37. The van der Waals surface area contributed by atoms with Crippen molar-refractivity contribution in [2.45, 2.75) is 143 Å². The minimum atomic E-state index is -1.05. The molecule has 0 saturated heterocycles. The topological polar surface area (TPSA) is 302 Å². The number of aromatic amines is 3. The summed E-state index contributed by atoms with van der Waals surface area (Å²) in [7, 11) is 0. The fourth-order valence-corrected chi connectivity index (χ4v) is 13.3. The number of aromatic nitrogens is 3. The SMILES string of the molecule is CCC(C)CCC(C(=O)O)C1=NCc2ccccc21.CCC(CC)CC(C(=O)O)C1=NCc2ccccc21.CCCCC(C(=O)O)c1c[nH]c2ccccc12.CCOc1ccc2[nH]cc(C(CC(=O)c3ccccc3)C(=O)O)c2c1.O=C(CC(C(=O)O)c1c[nH]c2cccc(Cl)c12)c1ccccc1. The lowest BCUT2D eigenvalue weighted by Gasteiger charge is -2.19. The number of ether oxygens (including phenoxy) is 1. The van der Waals surface area contributed by atoms with Crippen LogP contribution in [0, 0.1) is 23.7 Å². The van der Waals surface area contributed by atoms with E-state index in [2.05, 4.69) is 59.6 Å². The van der Waals surface area contributed by atoms with Crippen LogP contribution < -0.4 is 4.74 Å². The molecule has 6 atom stereocenters. The number of carboxylic acid groups (broad SMARTS) is 5. The van der Waals surface area contributed by atoms with E-state index in [-0.39, 0.29) is 24.4 Å². The maximum Gasteiger partial charge on any atom is 0.312 e. The average Bonchev–Trinajstić information content (AvgIpc) is 1.72. The zero-order valence-electron chi connectivity index (χ0n) is 59.1. The molecule has 103 heavy (non-hydrogen) atoms. The maximum atomic E-state index is 12.5. The number of nitrogens with zero attached hydrogens (tertiary/aromatic N) is 2. The Bertz CT molecular complexity index is 4590. The number of para-hydroxylation sites is 1. The second-order valence-electron chi connectivity index (χ2n) is 25.9. The lowest BCUT2D eigenvalue weighted by atomic mass is 9.85. The molecule has 7 aromatic carbocycles. The molecule has 10 aromatic rings. The first kappa shape index (κ1) is 78.0. The molecule has 2 aliphatic heterocycles. The number of ketones is 2. The lowest BCUT2D eigenvalue weighted by Crippen LogP contribution is -2.26. The minimum Gasteiger partial charge on any atom is -0.494 e. The molecule has 18 nitrogen and oxygen atoms in total. The molecule has 0 aliphatic carbocycles. The highest BCUT2D eigenvalue weighted by Gasteiger charge is 2.33. The van der Waals surface area contributed by atoms with Crippen molar-refractivity contribution in [1.29, 1.82) is 0 Å². The van der Waals surface area contributed by atoms with Crippen molar-refractivity contribution in [2.75, 3.05) is 6.61 Å². The van der Waals surface area contributed by atoms with Crippen molar-refractivity contribution in [1.82, 2.24) is 15.0 Å². The van der Waals surface area contributed by atoms with Crippen molar-refractivity contribution in [3.63, 3.8) is 0 Å². The third kappa shape index (κ3) is 20.5. The molecule has 0 bridgehead atoms.